The Hall–Kier alpha value is -3.66. The highest BCUT2D eigenvalue weighted by Crippen LogP contribution is 2.39. The first kappa shape index (κ1) is 24.7. The number of nitrogens with zero attached hydrogens (tertiary/aromatic N) is 1. The summed E-state index contributed by atoms with van der Waals surface area (Å²) >= 11 is 0. The van der Waals surface area contributed by atoms with Gasteiger partial charge in [0.25, 0.3) is 5.91 Å². The van der Waals surface area contributed by atoms with Crippen LogP contribution in [0, 0.1) is 5.92 Å². The van der Waals surface area contributed by atoms with E-state index in [9.17, 15) is 13.2 Å². The molecule has 3 aromatic rings. The van der Waals surface area contributed by atoms with Gasteiger partial charge in [-0.3, -0.25) is 4.79 Å². The number of carbonyl (C=O) groups is 1. The molecule has 1 saturated heterocycles. The number of hydrogen-bond donors (Lipinski definition) is 3. The van der Waals surface area contributed by atoms with E-state index in [1.165, 1.54) is 6.07 Å². The molecule has 1 amide bonds. The number of sulfonamides is 1. The van der Waals surface area contributed by atoms with Crippen molar-refractivity contribution in [2.45, 2.75) is 17.7 Å². The smallest absolute Gasteiger partial charge is 0.258 e. The summed E-state index contributed by atoms with van der Waals surface area (Å²) in [6, 6.07) is 22.5. The lowest BCUT2D eigenvalue weighted by atomic mass is 10.00. The molecule has 9 heteroatoms. The Kier molecular flexibility index (Phi) is 6.65. The first-order chi connectivity index (χ1) is 18.5. The number of carbonyl (C=O) groups excluding carboxylic acids is 1. The highest BCUT2D eigenvalue weighted by atomic mass is 32.2. The van der Waals surface area contributed by atoms with Crippen molar-refractivity contribution in [2.24, 2.45) is 5.92 Å². The second kappa shape index (κ2) is 10.2. The van der Waals surface area contributed by atoms with Gasteiger partial charge in [0.05, 0.1) is 29.4 Å². The Morgan fingerprint density at radius 3 is 2.42 bits per heavy atom. The Balaban J connectivity index is 1.37. The van der Waals surface area contributed by atoms with Crippen LogP contribution in [0.2, 0.25) is 0 Å². The largest absolute Gasteiger partial charge is 0.378 e. The summed E-state index contributed by atoms with van der Waals surface area (Å²) in [6.45, 7) is 3.57. The molecule has 3 aliphatic rings. The molecule has 2 aliphatic heterocycles. The van der Waals surface area contributed by atoms with Gasteiger partial charge in [-0.15, -0.1) is 0 Å². The summed E-state index contributed by atoms with van der Waals surface area (Å²) in [7, 11) is -3.69. The molecule has 3 N–H and O–H groups in total. The summed E-state index contributed by atoms with van der Waals surface area (Å²) < 4.78 is 34.1. The molecule has 196 valence electrons. The van der Waals surface area contributed by atoms with E-state index in [2.05, 4.69) is 32.4 Å². The molecule has 1 saturated carbocycles. The maximum absolute atomic E-state index is 13.3. The van der Waals surface area contributed by atoms with E-state index in [4.69, 9.17) is 4.74 Å². The van der Waals surface area contributed by atoms with Crippen molar-refractivity contribution < 1.29 is 17.9 Å². The number of fused-ring (bicyclic) bond motifs is 1. The van der Waals surface area contributed by atoms with Crippen LogP contribution in [0.5, 0.6) is 0 Å². The summed E-state index contributed by atoms with van der Waals surface area (Å²) in [5, 5.41) is 6.36. The van der Waals surface area contributed by atoms with Crippen LogP contribution in [0.15, 0.2) is 77.7 Å². The van der Waals surface area contributed by atoms with E-state index in [1.54, 1.807) is 12.1 Å². The molecule has 0 atom stereocenters. The van der Waals surface area contributed by atoms with Gasteiger partial charge in [0.2, 0.25) is 10.0 Å². The van der Waals surface area contributed by atoms with Gasteiger partial charge in [0, 0.05) is 42.3 Å². The van der Waals surface area contributed by atoms with Gasteiger partial charge in [0.1, 0.15) is 0 Å². The normalized spacial score (nSPS) is 18.6. The minimum atomic E-state index is -3.69. The number of morpholine rings is 1. The molecule has 0 aromatic heterocycles. The quantitative estimate of drug-likeness (QED) is 0.379. The van der Waals surface area contributed by atoms with Crippen LogP contribution >= 0.6 is 0 Å². The first-order valence-electron chi connectivity index (χ1n) is 12.9. The third kappa shape index (κ3) is 5.18. The van der Waals surface area contributed by atoms with E-state index in [-0.39, 0.29) is 10.8 Å². The van der Waals surface area contributed by atoms with Crippen LogP contribution in [-0.2, 0) is 19.6 Å². The van der Waals surface area contributed by atoms with Crippen molar-refractivity contribution in [3.8, 4) is 0 Å². The molecule has 0 radical (unpaired) electrons. The SMILES string of the molecule is O=C1Nc2ccc(S(=O)(=O)NCC3CC3)cc2/C1=C(/Nc1ccc(N2CCOCC2)cc1)c1ccccc1. The Morgan fingerprint density at radius 1 is 0.974 bits per heavy atom. The first-order valence-corrected chi connectivity index (χ1v) is 14.4. The Bertz CT molecular complexity index is 1480. The van der Waals surface area contributed by atoms with E-state index < -0.39 is 10.0 Å². The predicted molar refractivity (Wildman–Crippen MR) is 149 cm³/mol. The molecule has 0 unspecified atom stereocenters. The maximum atomic E-state index is 13.3. The van der Waals surface area contributed by atoms with Crippen LogP contribution in [0.3, 0.4) is 0 Å². The minimum Gasteiger partial charge on any atom is -0.378 e. The molecule has 6 rings (SSSR count). The lowest BCUT2D eigenvalue weighted by molar-refractivity contribution is -0.110. The highest BCUT2D eigenvalue weighted by molar-refractivity contribution is 7.89. The van der Waals surface area contributed by atoms with Crippen molar-refractivity contribution in [1.29, 1.82) is 0 Å². The zero-order chi connectivity index (χ0) is 26.1. The van der Waals surface area contributed by atoms with Gasteiger partial charge in [-0.05, 0) is 66.8 Å². The van der Waals surface area contributed by atoms with E-state index in [1.807, 2.05) is 42.5 Å². The van der Waals surface area contributed by atoms with Gasteiger partial charge in [-0.25, -0.2) is 13.1 Å². The van der Waals surface area contributed by atoms with Gasteiger partial charge in [-0.1, -0.05) is 30.3 Å². The van der Waals surface area contributed by atoms with Gasteiger partial charge < -0.3 is 20.3 Å². The number of anilines is 3. The van der Waals surface area contributed by atoms with Crippen LogP contribution in [0.4, 0.5) is 17.1 Å². The molecule has 0 bridgehead atoms. The zero-order valence-electron chi connectivity index (χ0n) is 20.9. The third-order valence-corrected chi connectivity index (χ3v) is 8.55. The maximum Gasteiger partial charge on any atom is 0.258 e. The monoisotopic (exact) mass is 530 g/mol. The Morgan fingerprint density at radius 2 is 1.71 bits per heavy atom. The second-order valence-electron chi connectivity index (χ2n) is 9.84. The fourth-order valence-corrected chi connectivity index (χ4v) is 5.94. The number of hydrogen-bond acceptors (Lipinski definition) is 6. The molecular weight excluding hydrogens is 500 g/mol. The molecule has 8 nitrogen and oxygen atoms in total. The summed E-state index contributed by atoms with van der Waals surface area (Å²) in [6.07, 6.45) is 2.11. The van der Waals surface area contributed by atoms with Crippen LogP contribution in [0.1, 0.15) is 24.0 Å². The average Bonchev–Trinajstić information content (AvgIpc) is 3.73. The van der Waals surface area contributed by atoms with Crippen molar-refractivity contribution in [3.63, 3.8) is 0 Å². The Labute approximate surface area is 222 Å². The molecule has 2 fully saturated rings. The molecule has 2 heterocycles. The van der Waals surface area contributed by atoms with E-state index in [0.717, 1.165) is 42.9 Å². The fourth-order valence-electron chi connectivity index (χ4n) is 4.80. The zero-order valence-corrected chi connectivity index (χ0v) is 21.8. The van der Waals surface area contributed by atoms with E-state index >= 15 is 0 Å². The van der Waals surface area contributed by atoms with Gasteiger partial charge >= 0.3 is 0 Å². The number of benzene rings is 3. The standard InChI is InChI=1S/C29H30N4O4S/c34-29-27(25-18-24(12-13-26(25)32-29)38(35,36)30-19-20-6-7-20)28(21-4-2-1-3-5-21)31-22-8-10-23(11-9-22)33-14-16-37-17-15-33/h1-5,8-13,18,20,30-31H,6-7,14-17,19H2,(H,32,34)/b28-27-. The molecule has 0 spiro atoms. The fraction of sp³-hybridized carbons (Fsp3) is 0.276. The number of rotatable bonds is 8. The molecule has 1 aliphatic carbocycles. The van der Waals surface area contributed by atoms with Crippen LogP contribution in [0.25, 0.3) is 11.3 Å². The highest BCUT2D eigenvalue weighted by Gasteiger charge is 2.31. The third-order valence-electron chi connectivity index (χ3n) is 7.13. The second-order valence-corrected chi connectivity index (χ2v) is 11.6. The van der Waals surface area contributed by atoms with Crippen LogP contribution < -0.4 is 20.3 Å². The van der Waals surface area contributed by atoms with E-state index in [0.29, 0.717) is 48.2 Å². The summed E-state index contributed by atoms with van der Waals surface area (Å²) in [5.74, 6) is 0.137. The predicted octanol–water partition coefficient (Wildman–Crippen LogP) is 4.14. The number of ether oxygens (including phenoxy) is 1. The van der Waals surface area contributed by atoms with Crippen LogP contribution in [-0.4, -0.2) is 47.2 Å². The lowest BCUT2D eigenvalue weighted by Gasteiger charge is -2.29. The summed E-state index contributed by atoms with van der Waals surface area (Å²) in [5.41, 5.74) is 4.92. The van der Waals surface area contributed by atoms with Crippen molar-refractivity contribution >= 4 is 44.3 Å². The lowest BCUT2D eigenvalue weighted by Crippen LogP contribution is -2.36. The number of nitrogens with one attached hydrogen (secondary N) is 3. The van der Waals surface area contributed by atoms with Gasteiger partial charge in [-0.2, -0.15) is 0 Å². The van der Waals surface area contributed by atoms with Crippen molar-refractivity contribution in [1.82, 2.24) is 4.72 Å². The number of amides is 1. The molecule has 38 heavy (non-hydrogen) atoms. The van der Waals surface area contributed by atoms with Crippen molar-refractivity contribution in [3.05, 3.63) is 83.9 Å². The molecule has 3 aromatic carbocycles. The topological polar surface area (TPSA) is 99.8 Å². The molecular formula is C29H30N4O4S. The summed E-state index contributed by atoms with van der Waals surface area (Å²) in [4.78, 5) is 15.7. The average molecular weight is 531 g/mol. The van der Waals surface area contributed by atoms with Crippen molar-refractivity contribution in [2.75, 3.05) is 48.4 Å². The minimum absolute atomic E-state index is 0.146. The van der Waals surface area contributed by atoms with Gasteiger partial charge in [0.15, 0.2) is 0 Å².